The minimum atomic E-state index is -3.50. The highest BCUT2D eigenvalue weighted by atomic mass is 32.2. The first-order valence-corrected chi connectivity index (χ1v) is 13.7. The molecule has 0 saturated heterocycles. The van der Waals surface area contributed by atoms with Gasteiger partial charge in [0.2, 0.25) is 21.8 Å². The number of sulfonamides is 1. The average Bonchev–Trinajstić information content (AvgIpc) is 2.84. The number of methoxy groups -OCH3 is 1. The zero-order chi connectivity index (χ0) is 25.8. The lowest BCUT2D eigenvalue weighted by Gasteiger charge is -2.29. The van der Waals surface area contributed by atoms with E-state index in [2.05, 4.69) is 5.32 Å². The molecule has 0 radical (unpaired) electrons. The van der Waals surface area contributed by atoms with E-state index in [4.69, 9.17) is 4.74 Å². The molecule has 0 unspecified atom stereocenters. The number of para-hydroxylation sites is 1. The number of nitrogens with one attached hydrogen (secondary N) is 1. The van der Waals surface area contributed by atoms with Crippen molar-refractivity contribution in [3.05, 3.63) is 60.2 Å². The maximum absolute atomic E-state index is 13.3. The summed E-state index contributed by atoms with van der Waals surface area (Å²) in [6.07, 6.45) is 3.42. The van der Waals surface area contributed by atoms with Crippen LogP contribution in [0.2, 0.25) is 0 Å². The van der Waals surface area contributed by atoms with Crippen LogP contribution in [0.3, 0.4) is 0 Å². The van der Waals surface area contributed by atoms with E-state index >= 15 is 0 Å². The monoisotopic (exact) mass is 503 g/mol. The van der Waals surface area contributed by atoms with Crippen LogP contribution in [0.25, 0.3) is 0 Å². The van der Waals surface area contributed by atoms with E-state index in [1.165, 1.54) is 4.31 Å². The maximum atomic E-state index is 13.3. The number of hydrogen-bond acceptors (Lipinski definition) is 5. The van der Waals surface area contributed by atoms with Crippen LogP contribution in [0.1, 0.15) is 45.1 Å². The number of hydrogen-bond donors (Lipinski definition) is 1. The fraction of sp³-hybridized carbons (Fsp3) is 0.462. The van der Waals surface area contributed by atoms with Gasteiger partial charge in [0.1, 0.15) is 11.8 Å². The summed E-state index contributed by atoms with van der Waals surface area (Å²) in [5.41, 5.74) is 1.43. The zero-order valence-corrected chi connectivity index (χ0v) is 21.9. The Hall–Kier alpha value is -3.07. The second-order valence-electron chi connectivity index (χ2n) is 8.46. The minimum absolute atomic E-state index is 0.113. The maximum Gasteiger partial charge on any atom is 0.242 e. The summed E-state index contributed by atoms with van der Waals surface area (Å²) < 4.78 is 31.2. The van der Waals surface area contributed by atoms with E-state index < -0.39 is 16.1 Å². The molecule has 0 bridgehead atoms. The molecular weight excluding hydrogens is 466 g/mol. The van der Waals surface area contributed by atoms with Crippen LogP contribution in [0.4, 0.5) is 5.69 Å². The molecule has 2 amide bonds. The number of anilines is 1. The van der Waals surface area contributed by atoms with E-state index in [9.17, 15) is 18.0 Å². The van der Waals surface area contributed by atoms with Gasteiger partial charge in [-0.05, 0) is 49.6 Å². The third-order valence-corrected chi connectivity index (χ3v) is 6.90. The number of carbonyl (C=O) groups is 2. The Morgan fingerprint density at radius 2 is 1.69 bits per heavy atom. The van der Waals surface area contributed by atoms with Crippen LogP contribution >= 0.6 is 0 Å². The predicted molar refractivity (Wildman–Crippen MR) is 139 cm³/mol. The second kappa shape index (κ2) is 13.7. The van der Waals surface area contributed by atoms with Gasteiger partial charge in [-0.15, -0.1) is 0 Å². The predicted octanol–water partition coefficient (Wildman–Crippen LogP) is 3.58. The molecule has 2 aromatic carbocycles. The number of rotatable bonds is 14. The van der Waals surface area contributed by atoms with Crippen molar-refractivity contribution in [2.24, 2.45) is 0 Å². The van der Waals surface area contributed by atoms with Gasteiger partial charge in [-0.1, -0.05) is 43.7 Å². The molecule has 9 heteroatoms. The lowest BCUT2D eigenvalue weighted by molar-refractivity contribution is -0.140. The molecule has 0 heterocycles. The van der Waals surface area contributed by atoms with Crippen molar-refractivity contribution in [3.8, 4) is 5.75 Å². The van der Waals surface area contributed by atoms with Crippen LogP contribution in [0.15, 0.2) is 54.6 Å². The molecule has 0 spiro atoms. The van der Waals surface area contributed by atoms with Crippen molar-refractivity contribution in [2.45, 2.75) is 52.1 Å². The van der Waals surface area contributed by atoms with Crippen LogP contribution in [-0.2, 0) is 26.2 Å². The number of amides is 2. The first-order chi connectivity index (χ1) is 16.7. The molecule has 2 aromatic rings. The third kappa shape index (κ3) is 8.90. The number of nitrogens with zero attached hydrogens (tertiary/aromatic N) is 2. The van der Waals surface area contributed by atoms with Crippen molar-refractivity contribution >= 4 is 27.5 Å². The first kappa shape index (κ1) is 28.2. The zero-order valence-electron chi connectivity index (χ0n) is 21.1. The molecular formula is C26H37N3O5S. The molecule has 0 aromatic heterocycles. The highest BCUT2D eigenvalue weighted by Crippen LogP contribution is 2.19. The quantitative estimate of drug-likeness (QED) is 0.398. The van der Waals surface area contributed by atoms with E-state index in [0.717, 1.165) is 24.7 Å². The molecule has 192 valence electrons. The van der Waals surface area contributed by atoms with Crippen molar-refractivity contribution in [1.82, 2.24) is 10.2 Å². The van der Waals surface area contributed by atoms with Gasteiger partial charge < -0.3 is 15.0 Å². The summed E-state index contributed by atoms with van der Waals surface area (Å²) in [4.78, 5) is 27.6. The summed E-state index contributed by atoms with van der Waals surface area (Å²) in [6, 6.07) is 15.5. The third-order valence-electron chi connectivity index (χ3n) is 5.71. The Kier molecular flexibility index (Phi) is 11.0. The Morgan fingerprint density at radius 3 is 2.26 bits per heavy atom. The number of unbranched alkanes of at least 4 members (excludes halogenated alkanes) is 1. The van der Waals surface area contributed by atoms with Gasteiger partial charge in [0, 0.05) is 26.1 Å². The average molecular weight is 504 g/mol. The van der Waals surface area contributed by atoms with Crippen molar-refractivity contribution in [1.29, 1.82) is 0 Å². The molecule has 1 N–H and O–H groups in total. The summed E-state index contributed by atoms with van der Waals surface area (Å²) in [7, 11) is -1.92. The number of carbonyl (C=O) groups excluding carboxylic acids is 2. The molecule has 8 nitrogen and oxygen atoms in total. The Labute approximate surface area is 209 Å². The normalized spacial score (nSPS) is 12.0. The molecule has 0 aliphatic rings. The highest BCUT2D eigenvalue weighted by Gasteiger charge is 2.26. The fourth-order valence-electron chi connectivity index (χ4n) is 3.64. The number of ether oxygens (including phenoxy) is 1. The lowest BCUT2D eigenvalue weighted by Crippen LogP contribution is -2.47. The van der Waals surface area contributed by atoms with Gasteiger partial charge in [-0.25, -0.2) is 8.42 Å². The van der Waals surface area contributed by atoms with Gasteiger partial charge in [0.15, 0.2) is 0 Å². The lowest BCUT2D eigenvalue weighted by atomic mass is 10.1. The highest BCUT2D eigenvalue weighted by molar-refractivity contribution is 7.92. The molecule has 0 aliphatic heterocycles. The Balaban J connectivity index is 2.12. The molecule has 35 heavy (non-hydrogen) atoms. The van der Waals surface area contributed by atoms with Crippen LogP contribution < -0.4 is 14.4 Å². The molecule has 0 aliphatic carbocycles. The summed E-state index contributed by atoms with van der Waals surface area (Å²) in [6.45, 7) is 4.76. The molecule has 0 saturated carbocycles. The van der Waals surface area contributed by atoms with Gasteiger partial charge in [-0.2, -0.15) is 0 Å². The number of benzene rings is 2. The van der Waals surface area contributed by atoms with E-state index in [1.54, 1.807) is 43.2 Å². The largest absolute Gasteiger partial charge is 0.497 e. The summed E-state index contributed by atoms with van der Waals surface area (Å²) in [5, 5.41) is 2.90. The van der Waals surface area contributed by atoms with Crippen molar-refractivity contribution in [2.75, 3.05) is 30.8 Å². The van der Waals surface area contributed by atoms with Crippen LogP contribution in [-0.4, -0.2) is 57.6 Å². The van der Waals surface area contributed by atoms with Crippen molar-refractivity contribution in [3.63, 3.8) is 0 Å². The topological polar surface area (TPSA) is 96.0 Å². The standard InChI is InChI=1S/C26H37N3O5S/c1-5-6-18-27-26(31)21(2)28(20-22-14-16-24(34-3)17-15-22)25(30)13-10-19-29(35(4,32)33)23-11-8-7-9-12-23/h7-9,11-12,14-17,21H,5-6,10,13,18-20H2,1-4H3,(H,27,31)/t21-/m0/s1. The first-order valence-electron chi connectivity index (χ1n) is 11.9. The minimum Gasteiger partial charge on any atom is -0.497 e. The van der Waals surface area contributed by atoms with Gasteiger partial charge >= 0.3 is 0 Å². The van der Waals surface area contributed by atoms with Crippen LogP contribution in [0, 0.1) is 0 Å². The Bertz CT molecular complexity index is 1040. The molecule has 2 rings (SSSR count). The second-order valence-corrected chi connectivity index (χ2v) is 10.4. The molecule has 0 fully saturated rings. The van der Waals surface area contributed by atoms with Gasteiger partial charge in [-0.3, -0.25) is 13.9 Å². The van der Waals surface area contributed by atoms with Crippen LogP contribution in [0.5, 0.6) is 5.75 Å². The smallest absolute Gasteiger partial charge is 0.242 e. The van der Waals surface area contributed by atoms with E-state index in [0.29, 0.717) is 24.4 Å². The SMILES string of the molecule is CCCCNC(=O)[C@H](C)N(Cc1ccc(OC)cc1)C(=O)CCCN(c1ccccc1)S(C)(=O)=O. The van der Waals surface area contributed by atoms with Crippen molar-refractivity contribution < 1.29 is 22.7 Å². The molecule has 1 atom stereocenters. The van der Waals surface area contributed by atoms with E-state index in [-0.39, 0.29) is 31.3 Å². The van der Waals surface area contributed by atoms with Gasteiger partial charge in [0.05, 0.1) is 19.1 Å². The van der Waals surface area contributed by atoms with Gasteiger partial charge in [0.25, 0.3) is 0 Å². The fourth-order valence-corrected chi connectivity index (χ4v) is 4.61. The summed E-state index contributed by atoms with van der Waals surface area (Å²) in [5.74, 6) is 0.293. The Morgan fingerprint density at radius 1 is 1.03 bits per heavy atom. The summed E-state index contributed by atoms with van der Waals surface area (Å²) >= 11 is 0. The van der Waals surface area contributed by atoms with E-state index in [1.807, 2.05) is 37.3 Å².